The summed E-state index contributed by atoms with van der Waals surface area (Å²) < 4.78 is 38.6. The Hall–Kier alpha value is -2.32. The van der Waals surface area contributed by atoms with E-state index >= 15 is 0 Å². The summed E-state index contributed by atoms with van der Waals surface area (Å²) in [6.07, 6.45) is -0.782. The van der Waals surface area contributed by atoms with Gasteiger partial charge in [-0.25, -0.2) is 4.68 Å². The molecular formula is C13H16F3N5O. The molecule has 0 saturated heterocycles. The lowest BCUT2D eigenvalue weighted by Crippen LogP contribution is -2.27. The van der Waals surface area contributed by atoms with Gasteiger partial charge in [-0.2, -0.15) is 23.3 Å². The number of nitrogens with one attached hydrogen (secondary N) is 2. The highest BCUT2D eigenvalue weighted by atomic mass is 19.4. The third-order valence-corrected chi connectivity index (χ3v) is 3.23. The third-order valence-electron chi connectivity index (χ3n) is 3.23. The maximum atomic E-state index is 12.4. The maximum absolute atomic E-state index is 12.4. The molecule has 0 radical (unpaired) electrons. The minimum Gasteiger partial charge on any atom is -0.361 e. The summed E-state index contributed by atoms with van der Waals surface area (Å²) in [5.41, 5.74) is -0.262. The lowest BCUT2D eigenvalue weighted by molar-refractivity contribution is -0.115. The normalized spacial score (nSPS) is 13.1. The standard InChI is InChI=1S/C13H16F3N5O/c1-3-8(2)9-10(17-7-13(14,15)16)19-12(20-11(9)22)21-6-4-5-18-21/h4-6,8H,3,7H2,1-2H3,(H2,17,19,20,22). The van der Waals surface area contributed by atoms with Crippen LogP contribution in [0.4, 0.5) is 19.0 Å². The molecule has 2 heterocycles. The number of H-pyrrole nitrogens is 1. The second kappa shape index (κ2) is 6.20. The summed E-state index contributed by atoms with van der Waals surface area (Å²) in [5, 5.41) is 6.12. The Balaban J connectivity index is 2.47. The van der Waals surface area contributed by atoms with Crippen molar-refractivity contribution >= 4 is 5.82 Å². The summed E-state index contributed by atoms with van der Waals surface area (Å²) >= 11 is 0. The Labute approximate surface area is 124 Å². The van der Waals surface area contributed by atoms with Crippen molar-refractivity contribution in [3.05, 3.63) is 34.4 Å². The van der Waals surface area contributed by atoms with Crippen LogP contribution in [0.15, 0.2) is 23.3 Å². The molecule has 9 heteroatoms. The van der Waals surface area contributed by atoms with E-state index in [1.807, 2.05) is 6.92 Å². The molecule has 1 atom stereocenters. The van der Waals surface area contributed by atoms with Crippen LogP contribution in [0.1, 0.15) is 31.7 Å². The van der Waals surface area contributed by atoms with Crippen molar-refractivity contribution in [2.75, 3.05) is 11.9 Å². The number of aromatic amines is 1. The molecule has 2 aromatic rings. The Bertz CT molecular complexity index is 678. The molecule has 1 unspecified atom stereocenters. The molecule has 0 bridgehead atoms. The zero-order valence-corrected chi connectivity index (χ0v) is 12.1. The predicted octanol–water partition coefficient (Wildman–Crippen LogP) is 2.44. The number of anilines is 1. The van der Waals surface area contributed by atoms with Crippen molar-refractivity contribution in [1.82, 2.24) is 19.7 Å². The van der Waals surface area contributed by atoms with E-state index in [4.69, 9.17) is 0 Å². The van der Waals surface area contributed by atoms with Gasteiger partial charge in [-0.15, -0.1) is 0 Å². The van der Waals surface area contributed by atoms with Gasteiger partial charge in [-0.1, -0.05) is 13.8 Å². The zero-order chi connectivity index (χ0) is 16.3. The van der Waals surface area contributed by atoms with Gasteiger partial charge in [0.2, 0.25) is 5.95 Å². The summed E-state index contributed by atoms with van der Waals surface area (Å²) in [5.74, 6) is -0.230. The van der Waals surface area contributed by atoms with Crippen molar-refractivity contribution in [3.63, 3.8) is 0 Å². The van der Waals surface area contributed by atoms with Gasteiger partial charge >= 0.3 is 6.18 Å². The van der Waals surface area contributed by atoms with Gasteiger partial charge in [-0.05, 0) is 18.4 Å². The number of aromatic nitrogens is 4. The highest BCUT2D eigenvalue weighted by molar-refractivity contribution is 5.46. The summed E-state index contributed by atoms with van der Waals surface area (Å²) in [7, 11) is 0. The molecule has 0 aliphatic rings. The molecule has 2 aromatic heterocycles. The quantitative estimate of drug-likeness (QED) is 0.888. The van der Waals surface area contributed by atoms with Gasteiger partial charge in [0.15, 0.2) is 0 Å². The molecule has 0 fully saturated rings. The SMILES string of the molecule is CCC(C)c1c(NCC(F)(F)F)nc(-n2cccn2)[nH]c1=O. The van der Waals surface area contributed by atoms with E-state index in [1.54, 1.807) is 13.0 Å². The van der Waals surface area contributed by atoms with Crippen molar-refractivity contribution in [2.45, 2.75) is 32.4 Å². The van der Waals surface area contributed by atoms with Crippen LogP contribution in [0.2, 0.25) is 0 Å². The number of rotatable bonds is 5. The minimum atomic E-state index is -4.40. The summed E-state index contributed by atoms with van der Waals surface area (Å²) in [4.78, 5) is 18.8. The van der Waals surface area contributed by atoms with Crippen molar-refractivity contribution in [3.8, 4) is 5.95 Å². The van der Waals surface area contributed by atoms with E-state index in [0.717, 1.165) is 0 Å². The highest BCUT2D eigenvalue weighted by Crippen LogP contribution is 2.23. The summed E-state index contributed by atoms with van der Waals surface area (Å²) in [6.45, 7) is 2.35. The number of halogens is 3. The lowest BCUT2D eigenvalue weighted by Gasteiger charge is -2.16. The lowest BCUT2D eigenvalue weighted by atomic mass is 10.0. The van der Waals surface area contributed by atoms with Crippen LogP contribution in [0.25, 0.3) is 5.95 Å². The molecule has 0 saturated carbocycles. The fourth-order valence-electron chi connectivity index (χ4n) is 1.95. The Kier molecular flexibility index (Phi) is 4.53. The first-order valence-electron chi connectivity index (χ1n) is 6.76. The smallest absolute Gasteiger partial charge is 0.361 e. The predicted molar refractivity (Wildman–Crippen MR) is 75.2 cm³/mol. The van der Waals surface area contributed by atoms with Gasteiger partial charge in [0.05, 0.1) is 5.56 Å². The van der Waals surface area contributed by atoms with Crippen molar-refractivity contribution in [1.29, 1.82) is 0 Å². The second-order valence-corrected chi connectivity index (χ2v) is 4.88. The van der Waals surface area contributed by atoms with E-state index in [9.17, 15) is 18.0 Å². The first-order chi connectivity index (χ1) is 10.3. The van der Waals surface area contributed by atoms with Crippen LogP contribution >= 0.6 is 0 Å². The van der Waals surface area contributed by atoms with Gasteiger partial charge in [-0.3, -0.25) is 9.78 Å². The molecule has 2 rings (SSSR count). The van der Waals surface area contributed by atoms with Gasteiger partial charge in [0.25, 0.3) is 5.56 Å². The average molecular weight is 315 g/mol. The zero-order valence-electron chi connectivity index (χ0n) is 12.1. The van der Waals surface area contributed by atoms with Crippen molar-refractivity contribution in [2.24, 2.45) is 0 Å². The van der Waals surface area contributed by atoms with E-state index in [1.165, 1.54) is 17.1 Å². The van der Waals surface area contributed by atoms with Crippen LogP contribution in [-0.4, -0.2) is 32.5 Å². The first-order valence-corrected chi connectivity index (χ1v) is 6.76. The van der Waals surface area contributed by atoms with E-state index in [0.29, 0.717) is 6.42 Å². The average Bonchev–Trinajstić information content (AvgIpc) is 2.97. The van der Waals surface area contributed by atoms with Crippen molar-refractivity contribution < 1.29 is 13.2 Å². The molecule has 22 heavy (non-hydrogen) atoms. The second-order valence-electron chi connectivity index (χ2n) is 4.88. The van der Waals surface area contributed by atoms with Crippen LogP contribution in [0.3, 0.4) is 0 Å². The summed E-state index contributed by atoms with van der Waals surface area (Å²) in [6, 6.07) is 1.62. The third kappa shape index (κ3) is 3.66. The molecule has 0 aliphatic carbocycles. The number of hydrogen-bond donors (Lipinski definition) is 2. The number of nitrogens with zero attached hydrogens (tertiary/aromatic N) is 3. The monoisotopic (exact) mass is 315 g/mol. The topological polar surface area (TPSA) is 75.6 Å². The van der Waals surface area contributed by atoms with Crippen LogP contribution < -0.4 is 10.9 Å². The fourth-order valence-corrected chi connectivity index (χ4v) is 1.95. The Morgan fingerprint density at radius 3 is 2.73 bits per heavy atom. The number of alkyl halides is 3. The largest absolute Gasteiger partial charge is 0.405 e. The minimum absolute atomic E-state index is 0.0618. The van der Waals surface area contributed by atoms with Gasteiger partial charge in [0.1, 0.15) is 12.4 Å². The molecule has 6 nitrogen and oxygen atoms in total. The van der Waals surface area contributed by atoms with Crippen LogP contribution in [0, 0.1) is 0 Å². The number of hydrogen-bond acceptors (Lipinski definition) is 4. The highest BCUT2D eigenvalue weighted by Gasteiger charge is 2.28. The van der Waals surface area contributed by atoms with E-state index in [-0.39, 0.29) is 23.2 Å². The molecule has 0 aromatic carbocycles. The molecule has 2 N–H and O–H groups in total. The van der Waals surface area contributed by atoms with E-state index in [2.05, 4.69) is 20.4 Å². The molecule has 120 valence electrons. The Morgan fingerprint density at radius 1 is 1.45 bits per heavy atom. The van der Waals surface area contributed by atoms with Crippen LogP contribution in [0.5, 0.6) is 0 Å². The fraction of sp³-hybridized carbons (Fsp3) is 0.462. The van der Waals surface area contributed by atoms with Gasteiger partial charge < -0.3 is 5.32 Å². The first kappa shape index (κ1) is 16.1. The molecule has 0 spiro atoms. The van der Waals surface area contributed by atoms with E-state index < -0.39 is 18.3 Å². The maximum Gasteiger partial charge on any atom is 0.405 e. The Morgan fingerprint density at radius 2 is 2.18 bits per heavy atom. The van der Waals surface area contributed by atoms with Crippen LogP contribution in [-0.2, 0) is 0 Å². The molecule has 0 amide bonds. The van der Waals surface area contributed by atoms with Gasteiger partial charge in [0, 0.05) is 12.4 Å². The molecular weight excluding hydrogens is 299 g/mol. The molecule has 0 aliphatic heterocycles.